The lowest BCUT2D eigenvalue weighted by Gasteiger charge is -2.17. The van der Waals surface area contributed by atoms with E-state index in [2.05, 4.69) is 10.4 Å². The van der Waals surface area contributed by atoms with Crippen LogP contribution in [0, 0.1) is 11.8 Å². The maximum absolute atomic E-state index is 13.0. The summed E-state index contributed by atoms with van der Waals surface area (Å²) >= 11 is 6.30. The number of nitrogens with one attached hydrogen (secondary N) is 1. The first-order chi connectivity index (χ1) is 11.1. The summed E-state index contributed by atoms with van der Waals surface area (Å²) in [6.45, 7) is 3.68. The van der Waals surface area contributed by atoms with Gasteiger partial charge in [0, 0.05) is 45.0 Å². The monoisotopic (exact) mass is 330 g/mol. The summed E-state index contributed by atoms with van der Waals surface area (Å²) in [6.07, 6.45) is 1.80. The molecule has 1 aromatic carbocycles. The fraction of sp³-hybridized carbons (Fsp3) is 0.412. The van der Waals surface area contributed by atoms with Crippen molar-refractivity contribution in [3.05, 3.63) is 41.0 Å². The van der Waals surface area contributed by atoms with Crippen molar-refractivity contribution in [1.29, 1.82) is 0 Å². The van der Waals surface area contributed by atoms with Gasteiger partial charge >= 0.3 is 0 Å². The number of rotatable bonds is 2. The molecule has 0 spiro atoms. The molecule has 0 unspecified atom stereocenters. The van der Waals surface area contributed by atoms with Crippen molar-refractivity contribution in [3.8, 4) is 11.3 Å². The molecule has 2 fully saturated rings. The molecule has 5 nitrogen and oxygen atoms in total. The molecule has 0 saturated carbocycles. The standard InChI is InChI=1S/C17H19ClN4O/c1-21-10-14(16(20-21)13-4-2-3-5-15(13)18)17(23)22-8-11-6-19-7-12(11)9-22/h2-5,10-12,19H,6-9H2,1H3/t11-,12+. The normalized spacial score (nSPS) is 23.3. The van der Waals surface area contributed by atoms with Crippen LogP contribution in [-0.4, -0.2) is 46.8 Å². The number of carbonyl (C=O) groups excluding carboxylic acids is 1. The first-order valence-electron chi connectivity index (χ1n) is 7.92. The largest absolute Gasteiger partial charge is 0.338 e. The van der Waals surface area contributed by atoms with Gasteiger partial charge < -0.3 is 10.2 Å². The summed E-state index contributed by atoms with van der Waals surface area (Å²) in [6, 6.07) is 7.52. The van der Waals surface area contributed by atoms with Crippen LogP contribution in [0.15, 0.2) is 30.5 Å². The van der Waals surface area contributed by atoms with E-state index < -0.39 is 0 Å². The van der Waals surface area contributed by atoms with Crippen LogP contribution in [0.3, 0.4) is 0 Å². The molecule has 1 aromatic heterocycles. The zero-order valence-electron chi connectivity index (χ0n) is 13.0. The molecular formula is C17H19ClN4O. The van der Waals surface area contributed by atoms with Crippen LogP contribution >= 0.6 is 11.6 Å². The van der Waals surface area contributed by atoms with Crippen LogP contribution in [0.25, 0.3) is 11.3 Å². The predicted molar refractivity (Wildman–Crippen MR) is 89.4 cm³/mol. The fourth-order valence-electron chi connectivity index (χ4n) is 3.69. The lowest BCUT2D eigenvalue weighted by atomic mass is 10.0. The van der Waals surface area contributed by atoms with Crippen molar-refractivity contribution in [3.63, 3.8) is 0 Å². The van der Waals surface area contributed by atoms with E-state index in [1.807, 2.05) is 36.2 Å². The topological polar surface area (TPSA) is 50.2 Å². The first kappa shape index (κ1) is 14.7. The van der Waals surface area contributed by atoms with Crippen LogP contribution < -0.4 is 5.32 Å². The predicted octanol–water partition coefficient (Wildman–Crippen LogP) is 2.03. The zero-order valence-corrected chi connectivity index (χ0v) is 13.8. The maximum Gasteiger partial charge on any atom is 0.257 e. The molecule has 1 N–H and O–H groups in total. The lowest BCUT2D eigenvalue weighted by Crippen LogP contribution is -2.32. The van der Waals surface area contributed by atoms with Gasteiger partial charge in [0.1, 0.15) is 5.69 Å². The second-order valence-corrected chi connectivity index (χ2v) is 6.84. The minimum absolute atomic E-state index is 0.0578. The van der Waals surface area contributed by atoms with Crippen LogP contribution in [0.4, 0.5) is 0 Å². The molecule has 2 aliphatic heterocycles. The molecule has 2 aliphatic rings. The van der Waals surface area contributed by atoms with Crippen molar-refractivity contribution in [2.75, 3.05) is 26.2 Å². The summed E-state index contributed by atoms with van der Waals surface area (Å²) in [5.74, 6) is 1.22. The number of hydrogen-bond acceptors (Lipinski definition) is 3. The van der Waals surface area contributed by atoms with Gasteiger partial charge in [-0.3, -0.25) is 9.48 Å². The summed E-state index contributed by atoms with van der Waals surface area (Å²) < 4.78 is 1.68. The number of aromatic nitrogens is 2. The molecule has 0 radical (unpaired) electrons. The molecule has 2 atom stereocenters. The van der Waals surface area contributed by atoms with E-state index in [1.165, 1.54) is 0 Å². The minimum Gasteiger partial charge on any atom is -0.338 e. The van der Waals surface area contributed by atoms with Gasteiger partial charge in [0.05, 0.1) is 10.6 Å². The Morgan fingerprint density at radius 1 is 1.26 bits per heavy atom. The van der Waals surface area contributed by atoms with Crippen molar-refractivity contribution >= 4 is 17.5 Å². The number of amides is 1. The Labute approximate surface area is 140 Å². The highest BCUT2D eigenvalue weighted by Crippen LogP contribution is 2.32. The third-order valence-corrected chi connectivity index (χ3v) is 5.19. The van der Waals surface area contributed by atoms with Crippen molar-refractivity contribution in [1.82, 2.24) is 20.0 Å². The van der Waals surface area contributed by atoms with Gasteiger partial charge in [-0.25, -0.2) is 0 Å². The second kappa shape index (κ2) is 5.65. The zero-order chi connectivity index (χ0) is 16.0. The first-order valence-corrected chi connectivity index (χ1v) is 8.30. The maximum atomic E-state index is 13.0. The van der Waals surface area contributed by atoms with E-state index in [9.17, 15) is 4.79 Å². The number of hydrogen-bond donors (Lipinski definition) is 1. The molecule has 2 aromatic rings. The number of carbonyl (C=O) groups is 1. The van der Waals surface area contributed by atoms with E-state index >= 15 is 0 Å². The summed E-state index contributed by atoms with van der Waals surface area (Å²) in [7, 11) is 1.83. The summed E-state index contributed by atoms with van der Waals surface area (Å²) in [5, 5.41) is 8.49. The van der Waals surface area contributed by atoms with Gasteiger partial charge in [0.15, 0.2) is 0 Å². The number of halogens is 1. The van der Waals surface area contributed by atoms with E-state index in [1.54, 1.807) is 10.9 Å². The lowest BCUT2D eigenvalue weighted by molar-refractivity contribution is 0.0782. The number of likely N-dealkylation sites (tertiary alicyclic amines) is 1. The Kier molecular flexibility index (Phi) is 3.62. The van der Waals surface area contributed by atoms with E-state index in [0.717, 1.165) is 31.7 Å². The Balaban J connectivity index is 1.67. The molecule has 23 heavy (non-hydrogen) atoms. The molecular weight excluding hydrogens is 312 g/mol. The molecule has 2 saturated heterocycles. The number of nitrogens with zero attached hydrogens (tertiary/aromatic N) is 3. The van der Waals surface area contributed by atoms with Crippen LogP contribution in [0.2, 0.25) is 5.02 Å². The Morgan fingerprint density at radius 3 is 2.65 bits per heavy atom. The Bertz CT molecular complexity index is 745. The molecule has 3 heterocycles. The van der Waals surface area contributed by atoms with Gasteiger partial charge in [0.2, 0.25) is 0 Å². The average molecular weight is 331 g/mol. The average Bonchev–Trinajstić information content (AvgIpc) is 3.20. The smallest absolute Gasteiger partial charge is 0.257 e. The Morgan fingerprint density at radius 2 is 1.96 bits per heavy atom. The molecule has 4 rings (SSSR count). The molecule has 0 bridgehead atoms. The van der Waals surface area contributed by atoms with Crippen LogP contribution in [-0.2, 0) is 7.05 Å². The van der Waals surface area contributed by atoms with E-state index in [0.29, 0.717) is 28.1 Å². The van der Waals surface area contributed by atoms with E-state index in [4.69, 9.17) is 11.6 Å². The van der Waals surface area contributed by atoms with Crippen molar-refractivity contribution in [2.45, 2.75) is 0 Å². The Hall–Kier alpha value is -1.85. The molecule has 0 aliphatic carbocycles. The highest BCUT2D eigenvalue weighted by atomic mass is 35.5. The third kappa shape index (κ3) is 2.54. The fourth-order valence-corrected chi connectivity index (χ4v) is 3.91. The number of benzene rings is 1. The minimum atomic E-state index is 0.0578. The van der Waals surface area contributed by atoms with Gasteiger partial charge in [-0.2, -0.15) is 5.10 Å². The third-order valence-electron chi connectivity index (χ3n) is 4.86. The molecule has 120 valence electrons. The van der Waals surface area contributed by atoms with Gasteiger partial charge in [0.25, 0.3) is 5.91 Å². The summed E-state index contributed by atoms with van der Waals surface area (Å²) in [5.41, 5.74) is 2.10. The number of aryl methyl sites for hydroxylation is 1. The van der Waals surface area contributed by atoms with Crippen molar-refractivity contribution in [2.24, 2.45) is 18.9 Å². The van der Waals surface area contributed by atoms with Crippen LogP contribution in [0.1, 0.15) is 10.4 Å². The van der Waals surface area contributed by atoms with Crippen LogP contribution in [0.5, 0.6) is 0 Å². The van der Waals surface area contributed by atoms with E-state index in [-0.39, 0.29) is 5.91 Å². The van der Waals surface area contributed by atoms with Gasteiger partial charge in [-0.15, -0.1) is 0 Å². The van der Waals surface area contributed by atoms with Crippen molar-refractivity contribution < 1.29 is 4.79 Å². The molecule has 6 heteroatoms. The quantitative estimate of drug-likeness (QED) is 0.916. The molecule has 1 amide bonds. The van der Waals surface area contributed by atoms with Gasteiger partial charge in [-0.05, 0) is 17.9 Å². The van der Waals surface area contributed by atoms with Gasteiger partial charge in [-0.1, -0.05) is 29.8 Å². The number of fused-ring (bicyclic) bond motifs is 1. The summed E-state index contributed by atoms with van der Waals surface area (Å²) in [4.78, 5) is 15.0. The highest BCUT2D eigenvalue weighted by Gasteiger charge is 2.39. The SMILES string of the molecule is Cn1cc(C(=O)N2C[C@H]3CNC[C@H]3C2)c(-c2ccccc2Cl)n1. The second-order valence-electron chi connectivity index (χ2n) is 6.43. The highest BCUT2D eigenvalue weighted by molar-refractivity contribution is 6.33.